The minimum Gasteiger partial charge on any atom is -0.342 e. The van der Waals surface area contributed by atoms with Crippen molar-refractivity contribution < 1.29 is 4.79 Å². The molecule has 0 saturated carbocycles. The summed E-state index contributed by atoms with van der Waals surface area (Å²) in [6, 6.07) is 4.26. The topological polar surface area (TPSA) is 45.8 Å². The van der Waals surface area contributed by atoms with E-state index in [-0.39, 0.29) is 5.78 Å². The Morgan fingerprint density at radius 1 is 1.21 bits per heavy atom. The number of benzene rings is 1. The van der Waals surface area contributed by atoms with E-state index in [2.05, 4.69) is 42.9 Å². The molecule has 0 saturated heterocycles. The van der Waals surface area contributed by atoms with Crippen LogP contribution in [0.25, 0.3) is 11.3 Å². The molecule has 0 aliphatic rings. The third-order valence-electron chi connectivity index (χ3n) is 3.69. The number of rotatable bonds is 4. The Bertz CT molecular complexity index is 611. The highest BCUT2D eigenvalue weighted by atomic mass is 16.1. The second-order valence-electron chi connectivity index (χ2n) is 5.13. The van der Waals surface area contributed by atoms with Gasteiger partial charge >= 0.3 is 0 Å². The molecular weight excluding hydrogens is 236 g/mol. The molecule has 0 spiro atoms. The number of Topliss-reactive ketones (excluding diaryl/α,β-unsaturated/α-hetero) is 1. The van der Waals surface area contributed by atoms with Crippen molar-refractivity contribution in [3.63, 3.8) is 0 Å². The highest BCUT2D eigenvalue weighted by Gasteiger charge is 2.09. The van der Waals surface area contributed by atoms with E-state index in [9.17, 15) is 4.79 Å². The summed E-state index contributed by atoms with van der Waals surface area (Å²) in [6.45, 7) is 8.00. The van der Waals surface area contributed by atoms with Crippen LogP contribution in [0.3, 0.4) is 0 Å². The third-order valence-corrected chi connectivity index (χ3v) is 3.69. The molecule has 0 fully saturated rings. The first-order chi connectivity index (χ1) is 8.99. The number of carbonyl (C=O) groups is 1. The van der Waals surface area contributed by atoms with E-state index in [1.807, 2.05) is 6.20 Å². The van der Waals surface area contributed by atoms with Crippen LogP contribution >= 0.6 is 0 Å². The van der Waals surface area contributed by atoms with Crippen LogP contribution in [0.1, 0.15) is 35.9 Å². The molecule has 1 N–H and O–H groups in total. The zero-order valence-electron chi connectivity index (χ0n) is 12.0. The quantitative estimate of drug-likeness (QED) is 0.909. The maximum absolute atomic E-state index is 11.0. The first-order valence-corrected chi connectivity index (χ1v) is 6.59. The van der Waals surface area contributed by atoms with Crippen molar-refractivity contribution >= 4 is 5.78 Å². The maximum Gasteiger partial charge on any atom is 0.130 e. The number of imidazole rings is 1. The Morgan fingerprint density at radius 3 is 2.63 bits per heavy atom. The van der Waals surface area contributed by atoms with E-state index in [1.54, 1.807) is 6.92 Å². The predicted molar refractivity (Wildman–Crippen MR) is 77.2 cm³/mol. The van der Waals surface area contributed by atoms with Gasteiger partial charge in [-0.05, 0) is 44.4 Å². The summed E-state index contributed by atoms with van der Waals surface area (Å²) in [6.07, 6.45) is 3.07. The fourth-order valence-electron chi connectivity index (χ4n) is 2.17. The van der Waals surface area contributed by atoms with Gasteiger partial charge in [0.1, 0.15) is 11.6 Å². The zero-order valence-corrected chi connectivity index (χ0v) is 12.0. The number of nitrogens with one attached hydrogen (secondary N) is 1. The Morgan fingerprint density at radius 2 is 1.95 bits per heavy atom. The molecule has 0 atom stereocenters. The number of H-pyrrole nitrogens is 1. The lowest BCUT2D eigenvalue weighted by atomic mass is 9.97. The molecule has 3 nitrogen and oxygen atoms in total. The van der Waals surface area contributed by atoms with Gasteiger partial charge in [0.15, 0.2) is 0 Å². The van der Waals surface area contributed by atoms with Crippen LogP contribution in [0, 0.1) is 20.8 Å². The first kappa shape index (κ1) is 13.5. The molecular formula is C16H20N2O. The first-order valence-electron chi connectivity index (χ1n) is 6.59. The summed E-state index contributed by atoms with van der Waals surface area (Å²) >= 11 is 0. The maximum atomic E-state index is 11.0. The molecule has 1 heterocycles. The Hall–Kier alpha value is -1.90. The van der Waals surface area contributed by atoms with Gasteiger partial charge in [-0.1, -0.05) is 12.1 Å². The number of nitrogens with zero attached hydrogens (tertiary/aromatic N) is 1. The summed E-state index contributed by atoms with van der Waals surface area (Å²) < 4.78 is 0. The second kappa shape index (κ2) is 5.39. The molecule has 2 rings (SSSR count). The Kier molecular flexibility index (Phi) is 3.84. The highest BCUT2D eigenvalue weighted by molar-refractivity contribution is 5.75. The predicted octanol–water partition coefficient (Wildman–Crippen LogP) is 3.52. The number of hydrogen-bond acceptors (Lipinski definition) is 2. The lowest BCUT2D eigenvalue weighted by molar-refractivity contribution is -0.117. The summed E-state index contributed by atoms with van der Waals surface area (Å²) in [7, 11) is 0. The van der Waals surface area contributed by atoms with Gasteiger partial charge in [0.2, 0.25) is 0 Å². The molecule has 1 aromatic carbocycles. The zero-order chi connectivity index (χ0) is 14.0. The Labute approximate surface area is 114 Å². The van der Waals surface area contributed by atoms with Crippen molar-refractivity contribution in [3.05, 3.63) is 40.8 Å². The van der Waals surface area contributed by atoms with Gasteiger partial charge in [-0.2, -0.15) is 0 Å². The molecule has 3 heteroatoms. The number of carbonyl (C=O) groups excluding carboxylic acids is 1. The van der Waals surface area contributed by atoms with Crippen LogP contribution in [0.5, 0.6) is 0 Å². The normalized spacial score (nSPS) is 10.7. The molecule has 0 bridgehead atoms. The average Bonchev–Trinajstić information content (AvgIpc) is 2.82. The SMILES string of the molecule is CC(=O)CCc1ncc(-c2ccc(C)c(C)c2C)[nH]1. The van der Waals surface area contributed by atoms with Crippen molar-refractivity contribution in [2.24, 2.45) is 0 Å². The Balaban J connectivity index is 2.28. The number of aromatic amines is 1. The van der Waals surface area contributed by atoms with Gasteiger partial charge in [-0.15, -0.1) is 0 Å². The van der Waals surface area contributed by atoms with Crippen molar-refractivity contribution in [3.8, 4) is 11.3 Å². The van der Waals surface area contributed by atoms with Crippen LogP contribution in [0.15, 0.2) is 18.3 Å². The van der Waals surface area contributed by atoms with Crippen LogP contribution in [-0.2, 0) is 11.2 Å². The van der Waals surface area contributed by atoms with Crippen LogP contribution in [-0.4, -0.2) is 15.8 Å². The van der Waals surface area contributed by atoms with Crippen molar-refractivity contribution in [1.82, 2.24) is 9.97 Å². The van der Waals surface area contributed by atoms with Gasteiger partial charge in [0.05, 0.1) is 11.9 Å². The summed E-state index contributed by atoms with van der Waals surface area (Å²) in [4.78, 5) is 18.6. The van der Waals surface area contributed by atoms with Crippen molar-refractivity contribution in [2.45, 2.75) is 40.5 Å². The van der Waals surface area contributed by atoms with Gasteiger partial charge in [-0.25, -0.2) is 4.98 Å². The largest absolute Gasteiger partial charge is 0.342 e. The highest BCUT2D eigenvalue weighted by Crippen LogP contribution is 2.26. The van der Waals surface area contributed by atoms with Gasteiger partial charge < -0.3 is 9.78 Å². The smallest absolute Gasteiger partial charge is 0.130 e. The van der Waals surface area contributed by atoms with E-state index in [1.165, 1.54) is 22.3 Å². The molecule has 19 heavy (non-hydrogen) atoms. The standard InChI is InChI=1S/C16H20N2O/c1-10-5-7-14(13(4)12(10)3)15-9-17-16(18-15)8-6-11(2)19/h5,7,9H,6,8H2,1-4H3,(H,17,18). The second-order valence-corrected chi connectivity index (χ2v) is 5.13. The average molecular weight is 256 g/mol. The summed E-state index contributed by atoms with van der Waals surface area (Å²) in [5.74, 6) is 1.07. The van der Waals surface area contributed by atoms with Gasteiger partial charge in [0.25, 0.3) is 0 Å². The van der Waals surface area contributed by atoms with Crippen LogP contribution < -0.4 is 0 Å². The summed E-state index contributed by atoms with van der Waals surface area (Å²) in [5.41, 5.74) is 6.11. The molecule has 0 aliphatic heterocycles. The lowest BCUT2D eigenvalue weighted by Crippen LogP contribution is -1.96. The molecule has 0 unspecified atom stereocenters. The van der Waals surface area contributed by atoms with Gasteiger partial charge in [-0.3, -0.25) is 0 Å². The number of ketones is 1. The van der Waals surface area contributed by atoms with Crippen LogP contribution in [0.2, 0.25) is 0 Å². The molecule has 0 aliphatic carbocycles. The number of aromatic nitrogens is 2. The van der Waals surface area contributed by atoms with Crippen molar-refractivity contribution in [1.29, 1.82) is 0 Å². The molecule has 0 radical (unpaired) electrons. The summed E-state index contributed by atoms with van der Waals surface area (Å²) in [5, 5.41) is 0. The minimum absolute atomic E-state index is 0.195. The van der Waals surface area contributed by atoms with Crippen LogP contribution in [0.4, 0.5) is 0 Å². The molecule has 1 aromatic heterocycles. The number of hydrogen-bond donors (Lipinski definition) is 1. The fraction of sp³-hybridized carbons (Fsp3) is 0.375. The minimum atomic E-state index is 0.195. The fourth-order valence-corrected chi connectivity index (χ4v) is 2.17. The van der Waals surface area contributed by atoms with E-state index in [0.717, 1.165) is 11.5 Å². The third kappa shape index (κ3) is 2.92. The van der Waals surface area contributed by atoms with E-state index < -0.39 is 0 Å². The monoisotopic (exact) mass is 256 g/mol. The van der Waals surface area contributed by atoms with E-state index in [4.69, 9.17) is 0 Å². The molecule has 0 amide bonds. The van der Waals surface area contributed by atoms with Gasteiger partial charge in [0, 0.05) is 18.4 Å². The lowest BCUT2D eigenvalue weighted by Gasteiger charge is -2.09. The van der Waals surface area contributed by atoms with Crippen molar-refractivity contribution in [2.75, 3.05) is 0 Å². The molecule has 100 valence electrons. The van der Waals surface area contributed by atoms with E-state index in [0.29, 0.717) is 12.8 Å². The molecule has 2 aromatic rings. The van der Waals surface area contributed by atoms with E-state index >= 15 is 0 Å². The number of aryl methyl sites for hydroxylation is 2.